The van der Waals surface area contributed by atoms with Gasteiger partial charge in [0.05, 0.1) is 16.7 Å². The van der Waals surface area contributed by atoms with Gasteiger partial charge < -0.3 is 18.8 Å². The number of nitrogens with zero attached hydrogens (tertiary/aromatic N) is 5. The first-order valence-electron chi connectivity index (χ1n) is 20.3. The van der Waals surface area contributed by atoms with Crippen LogP contribution in [-0.4, -0.2) is 27.2 Å². The summed E-state index contributed by atoms with van der Waals surface area (Å²) in [6.07, 6.45) is 9.40. The van der Waals surface area contributed by atoms with Gasteiger partial charge in [-0.3, -0.25) is 4.57 Å². The maximum atomic E-state index is 6.62. The maximum Gasteiger partial charge on any atom is 0.268 e. The van der Waals surface area contributed by atoms with E-state index in [1.165, 1.54) is 24.9 Å². The largest absolute Gasteiger partial charge is 0.510 e. The van der Waals surface area contributed by atoms with Gasteiger partial charge in [-0.05, 0) is 64.7 Å². The molecule has 7 heteroatoms. The summed E-state index contributed by atoms with van der Waals surface area (Å²) in [5.41, 5.74) is 11.6. The molecule has 0 bridgehead atoms. The minimum atomic E-state index is 0. The van der Waals surface area contributed by atoms with E-state index in [0.29, 0.717) is 11.5 Å². The van der Waals surface area contributed by atoms with Crippen LogP contribution >= 0.6 is 0 Å². The Kier molecular flexibility index (Phi) is 10.1. The van der Waals surface area contributed by atoms with Crippen LogP contribution in [0.1, 0.15) is 19.3 Å². The fraction of sp³-hybridized carbons (Fsp3) is 0.0943. The van der Waals surface area contributed by atoms with Gasteiger partial charge in [0.1, 0.15) is 5.82 Å². The summed E-state index contributed by atoms with van der Waals surface area (Å²) >= 11 is 0. The van der Waals surface area contributed by atoms with Crippen molar-refractivity contribution in [2.75, 3.05) is 18.0 Å². The number of imidazole rings is 1. The van der Waals surface area contributed by atoms with Crippen molar-refractivity contribution in [2.45, 2.75) is 19.3 Å². The molecule has 11 rings (SSSR count). The SMILES string of the molecule is [Pt].[c-]1c(Oc2[c-]c3c(cc2)c2ccccc2n3-c2cc(N3CCCCC3)ccn2)cccc1-n1[c-][n+](-c2c(-c3ccccc3)cccc2-c2ccccc2)c2ccccc21. The molecule has 7 aromatic carbocycles. The first-order chi connectivity index (χ1) is 29.3. The number of para-hydroxylation sites is 4. The molecule has 0 atom stereocenters. The molecule has 1 fully saturated rings. The molecule has 1 aliphatic rings. The van der Waals surface area contributed by atoms with Crippen LogP contribution in [0.25, 0.3) is 72.3 Å². The van der Waals surface area contributed by atoms with E-state index in [2.05, 4.69) is 183 Å². The number of pyridine rings is 1. The second kappa shape index (κ2) is 16.1. The molecule has 1 aliphatic heterocycles. The zero-order chi connectivity index (χ0) is 39.1. The summed E-state index contributed by atoms with van der Waals surface area (Å²) in [7, 11) is 0. The van der Waals surface area contributed by atoms with Gasteiger partial charge in [-0.2, -0.15) is 18.2 Å². The number of anilines is 1. The molecule has 1 saturated heterocycles. The van der Waals surface area contributed by atoms with E-state index in [0.717, 1.165) is 85.4 Å². The minimum Gasteiger partial charge on any atom is -0.510 e. The summed E-state index contributed by atoms with van der Waals surface area (Å²) in [6.45, 7) is 2.14. The van der Waals surface area contributed by atoms with Crippen molar-refractivity contribution in [1.29, 1.82) is 0 Å². The number of ether oxygens (including phenoxy) is 1. The Morgan fingerprint density at radius 3 is 2.00 bits per heavy atom. The summed E-state index contributed by atoms with van der Waals surface area (Å²) < 4.78 is 13.1. The Morgan fingerprint density at radius 2 is 1.23 bits per heavy atom. The Balaban J connectivity index is 0.00000433. The van der Waals surface area contributed by atoms with Crippen molar-refractivity contribution in [1.82, 2.24) is 14.1 Å². The molecule has 294 valence electrons. The van der Waals surface area contributed by atoms with Gasteiger partial charge in [-0.15, -0.1) is 29.7 Å². The van der Waals surface area contributed by atoms with E-state index in [4.69, 9.17) is 9.72 Å². The predicted molar refractivity (Wildman–Crippen MR) is 237 cm³/mol. The summed E-state index contributed by atoms with van der Waals surface area (Å²) in [5.74, 6) is 2.05. The van der Waals surface area contributed by atoms with Gasteiger partial charge in [0.2, 0.25) is 0 Å². The third kappa shape index (κ3) is 6.77. The van der Waals surface area contributed by atoms with Crippen LogP contribution in [-0.2, 0) is 21.1 Å². The molecule has 60 heavy (non-hydrogen) atoms. The molecular weight excluding hydrogens is 918 g/mol. The van der Waals surface area contributed by atoms with E-state index >= 15 is 0 Å². The molecule has 4 heterocycles. The Morgan fingerprint density at radius 1 is 0.567 bits per heavy atom. The Hall–Kier alpha value is -6.75. The molecule has 10 aromatic rings. The number of fused-ring (bicyclic) bond motifs is 4. The number of rotatable bonds is 8. The quantitative estimate of drug-likeness (QED) is 0.113. The van der Waals surface area contributed by atoms with Gasteiger partial charge in [-0.1, -0.05) is 127 Å². The normalized spacial score (nSPS) is 12.8. The molecule has 0 aliphatic carbocycles. The summed E-state index contributed by atoms with van der Waals surface area (Å²) in [4.78, 5) is 7.36. The van der Waals surface area contributed by atoms with Gasteiger partial charge in [0, 0.05) is 69.1 Å². The molecule has 0 saturated carbocycles. The van der Waals surface area contributed by atoms with E-state index in [-0.39, 0.29) is 21.1 Å². The van der Waals surface area contributed by atoms with E-state index < -0.39 is 0 Å². The van der Waals surface area contributed by atoms with Gasteiger partial charge in [0.15, 0.2) is 0 Å². The molecule has 0 amide bonds. The van der Waals surface area contributed by atoms with Gasteiger partial charge >= 0.3 is 0 Å². The van der Waals surface area contributed by atoms with Crippen LogP contribution in [0, 0.1) is 18.5 Å². The first kappa shape index (κ1) is 37.5. The summed E-state index contributed by atoms with van der Waals surface area (Å²) in [6, 6.07) is 66.3. The molecule has 0 spiro atoms. The molecule has 0 N–H and O–H groups in total. The van der Waals surface area contributed by atoms with Crippen molar-refractivity contribution < 1.29 is 30.4 Å². The topological polar surface area (TPSA) is 39.1 Å². The van der Waals surface area contributed by atoms with Crippen molar-refractivity contribution in [3.05, 3.63) is 195 Å². The minimum absolute atomic E-state index is 0. The fourth-order valence-electron chi connectivity index (χ4n) is 8.68. The molecule has 0 unspecified atom stereocenters. The summed E-state index contributed by atoms with van der Waals surface area (Å²) in [5, 5.41) is 2.25. The third-order valence-electron chi connectivity index (χ3n) is 11.4. The second-order valence-electron chi connectivity index (χ2n) is 15.1. The van der Waals surface area contributed by atoms with Crippen molar-refractivity contribution in [3.63, 3.8) is 0 Å². The van der Waals surface area contributed by atoms with Crippen LogP contribution in [0.2, 0.25) is 0 Å². The van der Waals surface area contributed by atoms with Crippen molar-refractivity contribution in [2.24, 2.45) is 0 Å². The van der Waals surface area contributed by atoms with E-state index in [1.807, 2.05) is 30.5 Å². The Labute approximate surface area is 363 Å². The third-order valence-corrected chi connectivity index (χ3v) is 11.4. The standard InChI is InChI=1S/C53H39N5O.Pt/c1-4-16-38(17-5-1)44-23-15-24-45(39-18-6-2-7-19-39)53(44)57-37-56(49-26-10-11-27-50(49)57)41-20-14-21-42(34-41)59-43-28-29-47-46-22-8-9-25-48(46)58(51(47)36-43)52-35-40(30-31-54-52)55-32-12-3-13-33-55;/h1-2,4-11,14-31,35H,3,12-13,32-33H2;/q-2;. The Bertz CT molecular complexity index is 3070. The van der Waals surface area contributed by atoms with Crippen LogP contribution in [0.4, 0.5) is 5.69 Å². The van der Waals surface area contributed by atoms with E-state index in [1.54, 1.807) is 0 Å². The van der Waals surface area contributed by atoms with Gasteiger partial charge in [-0.25, -0.2) is 4.98 Å². The predicted octanol–water partition coefficient (Wildman–Crippen LogP) is 11.9. The number of hydrogen-bond donors (Lipinski definition) is 0. The van der Waals surface area contributed by atoms with E-state index in [9.17, 15) is 0 Å². The number of benzene rings is 7. The van der Waals surface area contributed by atoms with Crippen LogP contribution in [0.15, 0.2) is 176 Å². The second-order valence-corrected chi connectivity index (χ2v) is 15.1. The molecule has 6 nitrogen and oxygen atoms in total. The smallest absolute Gasteiger partial charge is 0.268 e. The number of piperidine rings is 1. The first-order valence-corrected chi connectivity index (χ1v) is 20.3. The molecule has 3 aromatic heterocycles. The van der Waals surface area contributed by atoms with Gasteiger partial charge in [0.25, 0.3) is 6.33 Å². The monoisotopic (exact) mass is 956 g/mol. The zero-order valence-electron chi connectivity index (χ0n) is 32.7. The molecular formula is C53H39N5OPt-2. The van der Waals surface area contributed by atoms with Crippen molar-refractivity contribution in [3.8, 4) is 50.9 Å². The number of aromatic nitrogens is 4. The average Bonchev–Trinajstić information content (AvgIpc) is 3.86. The van der Waals surface area contributed by atoms with Crippen LogP contribution in [0.3, 0.4) is 0 Å². The average molecular weight is 957 g/mol. The fourth-order valence-corrected chi connectivity index (χ4v) is 8.68. The van der Waals surface area contributed by atoms with Crippen LogP contribution in [0.5, 0.6) is 11.5 Å². The molecule has 0 radical (unpaired) electrons. The zero-order valence-corrected chi connectivity index (χ0v) is 35.0. The maximum absolute atomic E-state index is 6.62. The number of hydrogen-bond acceptors (Lipinski definition) is 3. The van der Waals surface area contributed by atoms with Crippen LogP contribution < -0.4 is 14.2 Å². The van der Waals surface area contributed by atoms with Crippen molar-refractivity contribution >= 4 is 38.5 Å².